The van der Waals surface area contributed by atoms with Gasteiger partial charge >= 0.3 is 0 Å². The third-order valence-electron chi connectivity index (χ3n) is 5.74. The molecule has 3 heterocycles. The fourth-order valence-corrected chi connectivity index (χ4v) is 5.19. The van der Waals surface area contributed by atoms with Crippen molar-refractivity contribution in [3.8, 4) is 5.75 Å². The normalized spacial score (nSPS) is 17.8. The van der Waals surface area contributed by atoms with Gasteiger partial charge in [0.25, 0.3) is 5.91 Å². The zero-order valence-electron chi connectivity index (χ0n) is 17.8. The maximum absolute atomic E-state index is 12.9. The number of nitrogens with one attached hydrogen (secondary N) is 1. The first-order valence-electron chi connectivity index (χ1n) is 10.7. The third kappa shape index (κ3) is 4.24. The highest BCUT2D eigenvalue weighted by Gasteiger charge is 2.33. The molecule has 0 saturated heterocycles. The van der Waals surface area contributed by atoms with Gasteiger partial charge in [-0.15, -0.1) is 11.3 Å². The SMILES string of the molecule is CC(=O)N1C[C@H](C(=O)Nc2nc3c(s2)CN(Cc2ccccc2)CC3)Oc2ccccc21. The molecule has 0 bridgehead atoms. The highest BCUT2D eigenvalue weighted by Crippen LogP contribution is 2.34. The number of benzene rings is 2. The monoisotopic (exact) mass is 448 g/mol. The summed E-state index contributed by atoms with van der Waals surface area (Å²) in [6, 6.07) is 17.7. The van der Waals surface area contributed by atoms with Crippen LogP contribution in [-0.4, -0.2) is 40.9 Å². The second-order valence-corrected chi connectivity index (χ2v) is 9.11. The minimum Gasteiger partial charge on any atom is -0.476 e. The van der Waals surface area contributed by atoms with Crippen molar-refractivity contribution in [2.24, 2.45) is 0 Å². The fourth-order valence-electron chi connectivity index (χ4n) is 4.13. The molecule has 0 aliphatic carbocycles. The van der Waals surface area contributed by atoms with Crippen LogP contribution in [0.3, 0.4) is 0 Å². The molecule has 0 saturated carbocycles. The second-order valence-electron chi connectivity index (χ2n) is 8.03. The summed E-state index contributed by atoms with van der Waals surface area (Å²) in [5.41, 5.74) is 3.03. The Labute approximate surface area is 190 Å². The van der Waals surface area contributed by atoms with Crippen LogP contribution in [0.15, 0.2) is 54.6 Å². The van der Waals surface area contributed by atoms with Crippen LogP contribution in [0.2, 0.25) is 0 Å². The number of ether oxygens (including phenoxy) is 1. The maximum Gasteiger partial charge on any atom is 0.269 e. The Balaban J connectivity index is 1.26. The van der Waals surface area contributed by atoms with Gasteiger partial charge in [0.1, 0.15) is 5.75 Å². The molecule has 5 rings (SSSR count). The molecule has 0 unspecified atom stereocenters. The van der Waals surface area contributed by atoms with E-state index in [0.717, 1.165) is 31.7 Å². The number of carbonyl (C=O) groups excluding carboxylic acids is 2. The van der Waals surface area contributed by atoms with Crippen molar-refractivity contribution in [1.82, 2.24) is 9.88 Å². The van der Waals surface area contributed by atoms with Crippen molar-refractivity contribution in [3.05, 3.63) is 70.7 Å². The predicted molar refractivity (Wildman–Crippen MR) is 124 cm³/mol. The molecule has 2 aliphatic rings. The van der Waals surface area contributed by atoms with Gasteiger partial charge in [0, 0.05) is 37.9 Å². The number of para-hydroxylation sites is 2. The fraction of sp³-hybridized carbons (Fsp3) is 0.292. The highest BCUT2D eigenvalue weighted by atomic mass is 32.1. The zero-order valence-corrected chi connectivity index (χ0v) is 18.6. The number of nitrogens with zero attached hydrogens (tertiary/aromatic N) is 3. The number of hydrogen-bond acceptors (Lipinski definition) is 6. The molecule has 2 aromatic carbocycles. The lowest BCUT2D eigenvalue weighted by Gasteiger charge is -2.33. The molecule has 0 spiro atoms. The Hall–Kier alpha value is -3.23. The summed E-state index contributed by atoms with van der Waals surface area (Å²) in [6.07, 6.45) is 0.0734. The van der Waals surface area contributed by atoms with Crippen molar-refractivity contribution in [2.45, 2.75) is 32.5 Å². The molecule has 7 nitrogen and oxygen atoms in total. The Bertz CT molecular complexity index is 1150. The lowest BCUT2D eigenvalue weighted by molar-refractivity contribution is -0.123. The van der Waals surface area contributed by atoms with Crippen molar-refractivity contribution >= 4 is 34.0 Å². The van der Waals surface area contributed by atoms with E-state index in [-0.39, 0.29) is 18.4 Å². The van der Waals surface area contributed by atoms with Crippen LogP contribution in [0.4, 0.5) is 10.8 Å². The Kier molecular flexibility index (Phi) is 5.63. The Morgan fingerprint density at radius 3 is 2.75 bits per heavy atom. The van der Waals surface area contributed by atoms with E-state index in [1.807, 2.05) is 24.3 Å². The minimum atomic E-state index is -0.788. The summed E-state index contributed by atoms with van der Waals surface area (Å²) in [5, 5.41) is 3.49. The van der Waals surface area contributed by atoms with Gasteiger partial charge in [-0.25, -0.2) is 4.98 Å². The minimum absolute atomic E-state index is 0.123. The Morgan fingerprint density at radius 2 is 1.94 bits per heavy atom. The van der Waals surface area contributed by atoms with Gasteiger partial charge in [0.2, 0.25) is 5.91 Å². The quantitative estimate of drug-likeness (QED) is 0.662. The molecular weight excluding hydrogens is 424 g/mol. The number of fused-ring (bicyclic) bond motifs is 2. The molecule has 32 heavy (non-hydrogen) atoms. The summed E-state index contributed by atoms with van der Waals surface area (Å²) in [6.45, 7) is 4.33. The molecule has 164 valence electrons. The van der Waals surface area contributed by atoms with Crippen LogP contribution in [0.5, 0.6) is 5.75 Å². The van der Waals surface area contributed by atoms with Crippen LogP contribution in [0.25, 0.3) is 0 Å². The number of rotatable bonds is 4. The van der Waals surface area contributed by atoms with E-state index in [2.05, 4.69) is 39.5 Å². The number of aromatic nitrogens is 1. The standard InChI is InChI=1S/C24H24N4O3S/c1-16(29)28-14-21(31-20-10-6-5-9-19(20)28)23(30)26-24-25-18-11-12-27(15-22(18)32-24)13-17-7-3-2-4-8-17/h2-10,21H,11-15H2,1H3,(H,25,26,30)/t21-/m1/s1. The molecule has 2 aliphatic heterocycles. The van der Waals surface area contributed by atoms with Crippen molar-refractivity contribution in [1.29, 1.82) is 0 Å². The van der Waals surface area contributed by atoms with Gasteiger partial charge in [-0.1, -0.05) is 42.5 Å². The van der Waals surface area contributed by atoms with Gasteiger partial charge in [0.15, 0.2) is 11.2 Å². The number of amides is 2. The third-order valence-corrected chi connectivity index (χ3v) is 6.73. The topological polar surface area (TPSA) is 74.8 Å². The maximum atomic E-state index is 12.9. The molecule has 3 aromatic rings. The highest BCUT2D eigenvalue weighted by molar-refractivity contribution is 7.15. The average molecular weight is 449 g/mol. The van der Waals surface area contributed by atoms with E-state index in [1.54, 1.807) is 11.0 Å². The molecule has 2 amide bonds. The first-order chi connectivity index (χ1) is 15.6. The summed E-state index contributed by atoms with van der Waals surface area (Å²) in [4.78, 5) is 34.9. The lowest BCUT2D eigenvalue weighted by atomic mass is 10.1. The summed E-state index contributed by atoms with van der Waals surface area (Å²) >= 11 is 1.51. The first-order valence-corrected chi connectivity index (χ1v) is 11.5. The Morgan fingerprint density at radius 1 is 1.16 bits per heavy atom. The van der Waals surface area contributed by atoms with Crippen molar-refractivity contribution in [2.75, 3.05) is 23.3 Å². The van der Waals surface area contributed by atoms with E-state index >= 15 is 0 Å². The van der Waals surface area contributed by atoms with E-state index in [4.69, 9.17) is 4.74 Å². The molecule has 1 N–H and O–H groups in total. The van der Waals surface area contributed by atoms with Crippen molar-refractivity contribution in [3.63, 3.8) is 0 Å². The summed E-state index contributed by atoms with van der Waals surface area (Å²) < 4.78 is 5.89. The smallest absolute Gasteiger partial charge is 0.269 e. The molecule has 1 atom stereocenters. The number of anilines is 2. The van der Waals surface area contributed by atoms with Gasteiger partial charge < -0.3 is 9.64 Å². The second kappa shape index (κ2) is 8.72. The van der Waals surface area contributed by atoms with E-state index in [1.165, 1.54) is 28.7 Å². The van der Waals surface area contributed by atoms with E-state index < -0.39 is 6.10 Å². The zero-order chi connectivity index (χ0) is 22.1. The van der Waals surface area contributed by atoms with Crippen LogP contribution < -0.4 is 15.0 Å². The van der Waals surface area contributed by atoms with Gasteiger partial charge in [-0.3, -0.25) is 19.8 Å². The average Bonchev–Trinajstić information content (AvgIpc) is 3.20. The molecule has 0 radical (unpaired) electrons. The molecule has 8 heteroatoms. The lowest BCUT2D eigenvalue weighted by Crippen LogP contribution is -2.48. The van der Waals surface area contributed by atoms with E-state index in [9.17, 15) is 9.59 Å². The molecule has 0 fully saturated rings. The number of carbonyl (C=O) groups is 2. The van der Waals surface area contributed by atoms with Crippen LogP contribution in [-0.2, 0) is 29.1 Å². The van der Waals surface area contributed by atoms with Gasteiger partial charge in [0.05, 0.1) is 17.9 Å². The summed E-state index contributed by atoms with van der Waals surface area (Å²) in [5.74, 6) is 0.115. The van der Waals surface area contributed by atoms with E-state index in [0.29, 0.717) is 16.6 Å². The molecule has 1 aromatic heterocycles. The first kappa shape index (κ1) is 20.7. The predicted octanol–water partition coefficient (Wildman–Crippen LogP) is 3.45. The van der Waals surface area contributed by atoms with Gasteiger partial charge in [-0.05, 0) is 17.7 Å². The number of hydrogen-bond donors (Lipinski definition) is 1. The van der Waals surface area contributed by atoms with Crippen LogP contribution in [0.1, 0.15) is 23.1 Å². The largest absolute Gasteiger partial charge is 0.476 e. The van der Waals surface area contributed by atoms with Crippen LogP contribution in [0, 0.1) is 0 Å². The van der Waals surface area contributed by atoms with Gasteiger partial charge in [-0.2, -0.15) is 0 Å². The van der Waals surface area contributed by atoms with Crippen molar-refractivity contribution < 1.29 is 14.3 Å². The molecular formula is C24H24N4O3S. The van der Waals surface area contributed by atoms with Crippen LogP contribution >= 0.6 is 11.3 Å². The number of thiazole rings is 1. The summed E-state index contributed by atoms with van der Waals surface area (Å²) in [7, 11) is 0.